The molecular weight excluding hydrogens is 380 g/mol. The lowest BCUT2D eigenvalue weighted by molar-refractivity contribution is 0.0962. The van der Waals surface area contributed by atoms with Gasteiger partial charge < -0.3 is 15.8 Å². The fourth-order valence-corrected chi connectivity index (χ4v) is 2.69. The van der Waals surface area contributed by atoms with Gasteiger partial charge in [0.05, 0.1) is 23.4 Å². The highest BCUT2D eigenvalue weighted by atomic mass is 35.5. The van der Waals surface area contributed by atoms with Crippen LogP contribution in [0.5, 0.6) is 5.75 Å². The molecule has 1 heterocycles. The molecule has 2 aromatic carbocycles. The Hall–Kier alpha value is -3.52. The lowest BCUT2D eigenvalue weighted by Gasteiger charge is -2.15. The summed E-state index contributed by atoms with van der Waals surface area (Å²) in [7, 11) is 1.58. The van der Waals surface area contributed by atoms with E-state index in [4.69, 9.17) is 22.1 Å². The smallest absolute Gasteiger partial charge is 0.271 e. The summed E-state index contributed by atoms with van der Waals surface area (Å²) in [4.78, 5) is 20.5. The summed E-state index contributed by atoms with van der Waals surface area (Å²) >= 11 is 6.03. The zero-order chi connectivity index (χ0) is 20.1. The molecular formula is C19H19ClN6O2. The average Bonchev–Trinajstić information content (AvgIpc) is 2.69. The van der Waals surface area contributed by atoms with Crippen molar-refractivity contribution in [2.45, 2.75) is 6.92 Å². The molecule has 0 saturated carbocycles. The van der Waals surface area contributed by atoms with Gasteiger partial charge in [-0.05, 0) is 36.8 Å². The number of aryl methyl sites for hydroxylation is 1. The van der Waals surface area contributed by atoms with Gasteiger partial charge in [0, 0.05) is 0 Å². The zero-order valence-corrected chi connectivity index (χ0v) is 16.0. The molecule has 0 aliphatic rings. The number of aromatic nitrogens is 2. The molecule has 0 fully saturated rings. The van der Waals surface area contributed by atoms with Crippen molar-refractivity contribution in [3.63, 3.8) is 0 Å². The summed E-state index contributed by atoms with van der Waals surface area (Å²) in [6, 6.07) is 12.4. The van der Waals surface area contributed by atoms with E-state index in [-0.39, 0.29) is 11.5 Å². The molecule has 5 N–H and O–H groups in total. The number of benzene rings is 2. The Labute approximate surface area is 167 Å². The van der Waals surface area contributed by atoms with Crippen LogP contribution >= 0.6 is 11.6 Å². The van der Waals surface area contributed by atoms with Gasteiger partial charge in [-0.3, -0.25) is 15.6 Å². The largest absolute Gasteiger partial charge is 0.495 e. The van der Waals surface area contributed by atoms with Crippen LogP contribution in [-0.2, 0) is 0 Å². The molecule has 0 saturated heterocycles. The number of nitrogen functional groups attached to an aromatic ring is 1. The van der Waals surface area contributed by atoms with Crippen LogP contribution in [0, 0.1) is 6.92 Å². The van der Waals surface area contributed by atoms with Crippen LogP contribution in [0.2, 0.25) is 5.02 Å². The molecule has 3 aromatic rings. The van der Waals surface area contributed by atoms with Crippen molar-refractivity contribution in [1.82, 2.24) is 15.4 Å². The SMILES string of the molecule is COc1ccc(C)cc1Nc1ncnc(NNC(=O)c2ccccc2Cl)c1N. The van der Waals surface area contributed by atoms with E-state index in [1.807, 2.05) is 25.1 Å². The Balaban J connectivity index is 1.77. The number of nitrogens with two attached hydrogens (primary N) is 1. The van der Waals surface area contributed by atoms with Crippen molar-refractivity contribution in [3.05, 3.63) is 64.9 Å². The van der Waals surface area contributed by atoms with E-state index in [0.29, 0.717) is 27.8 Å². The maximum absolute atomic E-state index is 12.3. The van der Waals surface area contributed by atoms with Gasteiger partial charge in [0.15, 0.2) is 11.6 Å². The number of ether oxygens (including phenoxy) is 1. The first-order valence-electron chi connectivity index (χ1n) is 8.32. The topological polar surface area (TPSA) is 114 Å². The van der Waals surface area contributed by atoms with Gasteiger partial charge in [-0.15, -0.1) is 0 Å². The molecule has 0 unspecified atom stereocenters. The van der Waals surface area contributed by atoms with E-state index in [1.54, 1.807) is 31.4 Å². The number of carbonyl (C=O) groups is 1. The number of rotatable bonds is 6. The molecule has 1 amide bonds. The number of methoxy groups -OCH3 is 1. The number of hydrogen-bond acceptors (Lipinski definition) is 7. The number of hydrogen-bond donors (Lipinski definition) is 4. The predicted octanol–water partition coefficient (Wildman–Crippen LogP) is 3.53. The number of halogens is 1. The van der Waals surface area contributed by atoms with E-state index < -0.39 is 5.91 Å². The van der Waals surface area contributed by atoms with Crippen molar-refractivity contribution < 1.29 is 9.53 Å². The maximum Gasteiger partial charge on any atom is 0.271 e. The van der Waals surface area contributed by atoms with E-state index in [1.165, 1.54) is 6.33 Å². The predicted molar refractivity (Wildman–Crippen MR) is 110 cm³/mol. The number of nitrogens with zero attached hydrogens (tertiary/aromatic N) is 2. The summed E-state index contributed by atoms with van der Waals surface area (Å²) in [5.41, 5.74) is 13.7. The van der Waals surface area contributed by atoms with Gasteiger partial charge in [-0.2, -0.15) is 0 Å². The van der Waals surface area contributed by atoms with Crippen molar-refractivity contribution in [3.8, 4) is 5.75 Å². The van der Waals surface area contributed by atoms with Crippen molar-refractivity contribution in [2.24, 2.45) is 0 Å². The maximum atomic E-state index is 12.3. The third-order valence-corrected chi connectivity index (χ3v) is 4.23. The van der Waals surface area contributed by atoms with Crippen LogP contribution in [0.4, 0.5) is 23.0 Å². The quantitative estimate of drug-likeness (QED) is 0.469. The van der Waals surface area contributed by atoms with Crippen molar-refractivity contribution >= 4 is 40.5 Å². The minimum atomic E-state index is -0.418. The first-order chi connectivity index (χ1) is 13.5. The Bertz CT molecular complexity index is 1010. The lowest BCUT2D eigenvalue weighted by atomic mass is 10.2. The molecule has 3 rings (SSSR count). The van der Waals surface area contributed by atoms with Gasteiger partial charge in [0.2, 0.25) is 0 Å². The molecule has 28 heavy (non-hydrogen) atoms. The molecule has 0 spiro atoms. The van der Waals surface area contributed by atoms with Crippen LogP contribution in [0.1, 0.15) is 15.9 Å². The van der Waals surface area contributed by atoms with Crippen LogP contribution in [0.15, 0.2) is 48.8 Å². The molecule has 0 radical (unpaired) electrons. The van der Waals surface area contributed by atoms with E-state index in [0.717, 1.165) is 5.56 Å². The Morgan fingerprint density at radius 3 is 2.64 bits per heavy atom. The third-order valence-electron chi connectivity index (χ3n) is 3.90. The number of hydrazine groups is 1. The van der Waals surface area contributed by atoms with Crippen LogP contribution in [-0.4, -0.2) is 23.0 Å². The highest BCUT2D eigenvalue weighted by molar-refractivity contribution is 6.33. The average molecular weight is 399 g/mol. The zero-order valence-electron chi connectivity index (χ0n) is 15.3. The van der Waals surface area contributed by atoms with Crippen molar-refractivity contribution in [1.29, 1.82) is 0 Å². The normalized spacial score (nSPS) is 10.2. The minimum Gasteiger partial charge on any atom is -0.495 e. The van der Waals surface area contributed by atoms with Gasteiger partial charge in [-0.25, -0.2) is 9.97 Å². The van der Waals surface area contributed by atoms with Gasteiger partial charge in [0.1, 0.15) is 17.8 Å². The van der Waals surface area contributed by atoms with Crippen LogP contribution in [0.25, 0.3) is 0 Å². The molecule has 0 aliphatic heterocycles. The van der Waals surface area contributed by atoms with E-state index in [9.17, 15) is 4.79 Å². The van der Waals surface area contributed by atoms with Gasteiger partial charge in [-0.1, -0.05) is 29.8 Å². The number of anilines is 4. The van der Waals surface area contributed by atoms with Gasteiger partial charge in [0.25, 0.3) is 5.91 Å². The van der Waals surface area contributed by atoms with Crippen LogP contribution < -0.4 is 26.6 Å². The van der Waals surface area contributed by atoms with Crippen molar-refractivity contribution in [2.75, 3.05) is 23.6 Å². The van der Waals surface area contributed by atoms with Gasteiger partial charge >= 0.3 is 0 Å². The number of nitrogens with one attached hydrogen (secondary N) is 3. The summed E-state index contributed by atoms with van der Waals surface area (Å²) in [6.07, 6.45) is 1.32. The Kier molecular flexibility index (Phi) is 5.81. The first kappa shape index (κ1) is 19.2. The highest BCUT2D eigenvalue weighted by Gasteiger charge is 2.13. The summed E-state index contributed by atoms with van der Waals surface area (Å²) in [5.74, 6) is 0.835. The molecule has 9 heteroatoms. The molecule has 8 nitrogen and oxygen atoms in total. The second kappa shape index (κ2) is 8.45. The van der Waals surface area contributed by atoms with E-state index >= 15 is 0 Å². The Morgan fingerprint density at radius 1 is 1.14 bits per heavy atom. The molecule has 0 bridgehead atoms. The fraction of sp³-hybridized carbons (Fsp3) is 0.105. The highest BCUT2D eigenvalue weighted by Crippen LogP contribution is 2.31. The number of amides is 1. The molecule has 144 valence electrons. The third kappa shape index (κ3) is 4.24. The summed E-state index contributed by atoms with van der Waals surface area (Å²) in [5, 5.41) is 3.47. The monoisotopic (exact) mass is 398 g/mol. The summed E-state index contributed by atoms with van der Waals surface area (Å²) < 4.78 is 5.35. The summed E-state index contributed by atoms with van der Waals surface area (Å²) in [6.45, 7) is 1.96. The van der Waals surface area contributed by atoms with E-state index in [2.05, 4.69) is 26.1 Å². The fourth-order valence-electron chi connectivity index (χ4n) is 2.47. The molecule has 0 aliphatic carbocycles. The first-order valence-corrected chi connectivity index (χ1v) is 8.70. The van der Waals surface area contributed by atoms with Crippen LogP contribution in [0.3, 0.4) is 0 Å². The Morgan fingerprint density at radius 2 is 1.89 bits per heavy atom. The second-order valence-electron chi connectivity index (χ2n) is 5.87. The minimum absolute atomic E-state index is 0.227. The standard InChI is InChI=1S/C19H19ClN6O2/c1-11-7-8-15(28-2)14(9-11)24-17-16(21)18(23-10-22-17)25-26-19(27)12-5-3-4-6-13(12)20/h3-10H,21H2,1-2H3,(H,26,27)(H2,22,23,24,25). The second-order valence-corrected chi connectivity index (χ2v) is 6.28. The lowest BCUT2D eigenvalue weighted by Crippen LogP contribution is -2.30. The molecule has 0 atom stereocenters. The number of carbonyl (C=O) groups excluding carboxylic acids is 1. The molecule has 1 aromatic heterocycles.